The van der Waals surface area contributed by atoms with E-state index in [0.717, 1.165) is 13.8 Å². The van der Waals surface area contributed by atoms with Crippen molar-refractivity contribution in [2.45, 2.75) is 38.5 Å². The van der Waals surface area contributed by atoms with Crippen molar-refractivity contribution < 1.29 is 17.6 Å². The summed E-state index contributed by atoms with van der Waals surface area (Å²) in [5.74, 6) is -6.07. The topological polar surface area (TPSA) is 0 Å². The van der Waals surface area contributed by atoms with Crippen LogP contribution in [0.2, 0.25) is 0 Å². The molecule has 0 nitrogen and oxygen atoms in total. The van der Waals surface area contributed by atoms with Gasteiger partial charge in [0.25, 0.3) is 11.8 Å². The number of alkyl halides is 4. The SMILES string of the molecule is CC1=C(C)C(F)(F)CCC1(F)F. The molecule has 0 amide bonds. The van der Waals surface area contributed by atoms with Crippen LogP contribution in [-0.4, -0.2) is 11.8 Å². The van der Waals surface area contributed by atoms with Crippen LogP contribution in [0.4, 0.5) is 17.6 Å². The van der Waals surface area contributed by atoms with Crippen molar-refractivity contribution >= 4 is 0 Å². The molecular formula is C8H10F4. The average molecular weight is 182 g/mol. The maximum Gasteiger partial charge on any atom is 0.269 e. The van der Waals surface area contributed by atoms with Crippen molar-refractivity contribution in [2.75, 3.05) is 0 Å². The average Bonchev–Trinajstić information content (AvgIpc) is 1.96. The molecule has 0 aliphatic heterocycles. The van der Waals surface area contributed by atoms with Gasteiger partial charge < -0.3 is 0 Å². The molecule has 12 heavy (non-hydrogen) atoms. The monoisotopic (exact) mass is 182 g/mol. The van der Waals surface area contributed by atoms with Gasteiger partial charge in [0.15, 0.2) is 0 Å². The maximum atomic E-state index is 12.8. The Labute approximate surface area is 68.3 Å². The lowest BCUT2D eigenvalue weighted by Gasteiger charge is -2.30. The van der Waals surface area contributed by atoms with Gasteiger partial charge in [0.2, 0.25) is 0 Å². The van der Waals surface area contributed by atoms with Gasteiger partial charge >= 0.3 is 0 Å². The summed E-state index contributed by atoms with van der Waals surface area (Å²) < 4.78 is 51.2. The predicted molar refractivity (Wildman–Crippen MR) is 37.5 cm³/mol. The predicted octanol–water partition coefficient (Wildman–Crippen LogP) is 3.39. The van der Waals surface area contributed by atoms with Crippen LogP contribution in [0.1, 0.15) is 26.7 Å². The van der Waals surface area contributed by atoms with E-state index in [1.54, 1.807) is 0 Å². The third kappa shape index (κ3) is 1.34. The maximum absolute atomic E-state index is 12.8. The fourth-order valence-electron chi connectivity index (χ4n) is 1.24. The fraction of sp³-hybridized carbons (Fsp3) is 0.750. The van der Waals surface area contributed by atoms with Crippen molar-refractivity contribution in [1.82, 2.24) is 0 Å². The van der Waals surface area contributed by atoms with Crippen LogP contribution in [0.3, 0.4) is 0 Å². The second-order valence-electron chi connectivity index (χ2n) is 3.16. The highest BCUT2D eigenvalue weighted by Gasteiger charge is 2.46. The summed E-state index contributed by atoms with van der Waals surface area (Å²) >= 11 is 0. The van der Waals surface area contributed by atoms with Gasteiger partial charge in [-0.2, -0.15) is 0 Å². The van der Waals surface area contributed by atoms with Crippen LogP contribution in [0.5, 0.6) is 0 Å². The van der Waals surface area contributed by atoms with Crippen LogP contribution in [-0.2, 0) is 0 Å². The van der Waals surface area contributed by atoms with E-state index in [-0.39, 0.29) is 0 Å². The molecule has 0 N–H and O–H groups in total. The molecule has 0 atom stereocenters. The first-order chi connectivity index (χ1) is 5.27. The molecule has 0 spiro atoms. The van der Waals surface area contributed by atoms with E-state index >= 15 is 0 Å². The minimum atomic E-state index is -3.04. The number of hydrogen-bond donors (Lipinski definition) is 0. The van der Waals surface area contributed by atoms with Gasteiger partial charge in [0, 0.05) is 24.0 Å². The van der Waals surface area contributed by atoms with Crippen molar-refractivity contribution in [2.24, 2.45) is 0 Å². The van der Waals surface area contributed by atoms with Crippen LogP contribution in [0.15, 0.2) is 11.1 Å². The molecule has 0 aromatic heterocycles. The first-order valence-corrected chi connectivity index (χ1v) is 3.71. The normalized spacial score (nSPS) is 27.5. The molecule has 1 aliphatic carbocycles. The van der Waals surface area contributed by atoms with E-state index in [4.69, 9.17) is 0 Å². The van der Waals surface area contributed by atoms with Crippen LogP contribution in [0, 0.1) is 0 Å². The summed E-state index contributed by atoms with van der Waals surface area (Å²) in [6.07, 6.45) is -1.49. The van der Waals surface area contributed by atoms with Crippen LogP contribution >= 0.6 is 0 Å². The summed E-state index contributed by atoms with van der Waals surface area (Å²) in [5, 5.41) is 0. The van der Waals surface area contributed by atoms with E-state index < -0.39 is 35.8 Å². The first-order valence-electron chi connectivity index (χ1n) is 3.71. The zero-order chi connectivity index (χ0) is 9.57. The quantitative estimate of drug-likeness (QED) is 0.398. The van der Waals surface area contributed by atoms with Gasteiger partial charge in [0.1, 0.15) is 0 Å². The van der Waals surface area contributed by atoms with Gasteiger partial charge in [-0.25, -0.2) is 17.6 Å². The minimum Gasteiger partial charge on any atom is -0.202 e. The molecular weight excluding hydrogens is 172 g/mol. The molecule has 0 radical (unpaired) electrons. The van der Waals surface area contributed by atoms with E-state index in [1.165, 1.54) is 0 Å². The zero-order valence-corrected chi connectivity index (χ0v) is 6.93. The standard InChI is InChI=1S/C8H10F4/c1-5-6(2)8(11,12)4-3-7(5,9)10/h3-4H2,1-2H3. The number of allylic oxidation sites excluding steroid dienone is 2. The molecule has 70 valence electrons. The molecule has 0 saturated heterocycles. The fourth-order valence-corrected chi connectivity index (χ4v) is 1.24. The van der Waals surface area contributed by atoms with Gasteiger partial charge in [-0.1, -0.05) is 0 Å². The Bertz CT molecular complexity index is 203. The third-order valence-corrected chi connectivity index (χ3v) is 2.41. The van der Waals surface area contributed by atoms with Crippen LogP contribution in [0.25, 0.3) is 0 Å². The summed E-state index contributed by atoms with van der Waals surface area (Å²) in [6, 6.07) is 0. The Hall–Kier alpha value is -0.540. The van der Waals surface area contributed by atoms with Crippen molar-refractivity contribution in [3.05, 3.63) is 11.1 Å². The van der Waals surface area contributed by atoms with Gasteiger partial charge in [-0.3, -0.25) is 0 Å². The number of rotatable bonds is 0. The molecule has 0 heterocycles. The molecule has 0 bridgehead atoms. The largest absolute Gasteiger partial charge is 0.269 e. The lowest BCUT2D eigenvalue weighted by Crippen LogP contribution is -2.33. The number of hydrogen-bond acceptors (Lipinski definition) is 0. The molecule has 4 heteroatoms. The van der Waals surface area contributed by atoms with Gasteiger partial charge in [0.05, 0.1) is 0 Å². The summed E-state index contributed by atoms with van der Waals surface area (Å²) in [5.41, 5.74) is -0.947. The Morgan fingerprint density at radius 2 is 1.08 bits per heavy atom. The lowest BCUT2D eigenvalue weighted by molar-refractivity contribution is -0.0476. The zero-order valence-electron chi connectivity index (χ0n) is 6.93. The molecule has 0 aromatic carbocycles. The van der Waals surface area contributed by atoms with E-state index in [2.05, 4.69) is 0 Å². The summed E-state index contributed by atoms with van der Waals surface area (Å²) in [4.78, 5) is 0. The van der Waals surface area contributed by atoms with E-state index in [0.29, 0.717) is 0 Å². The lowest BCUT2D eigenvalue weighted by atomic mass is 9.87. The van der Waals surface area contributed by atoms with Crippen molar-refractivity contribution in [3.63, 3.8) is 0 Å². The highest BCUT2D eigenvalue weighted by atomic mass is 19.3. The highest BCUT2D eigenvalue weighted by molar-refractivity contribution is 5.26. The minimum absolute atomic E-state index is 0.473. The van der Waals surface area contributed by atoms with E-state index in [1.807, 2.05) is 0 Å². The van der Waals surface area contributed by atoms with E-state index in [9.17, 15) is 17.6 Å². The molecule has 0 aromatic rings. The second-order valence-corrected chi connectivity index (χ2v) is 3.16. The third-order valence-electron chi connectivity index (χ3n) is 2.41. The molecule has 0 unspecified atom stereocenters. The van der Waals surface area contributed by atoms with Crippen molar-refractivity contribution in [3.8, 4) is 0 Å². The molecule has 1 aliphatic rings. The Morgan fingerprint density at radius 3 is 1.33 bits per heavy atom. The smallest absolute Gasteiger partial charge is 0.202 e. The first kappa shape index (κ1) is 9.55. The number of halogens is 4. The van der Waals surface area contributed by atoms with Crippen LogP contribution < -0.4 is 0 Å². The van der Waals surface area contributed by atoms with Gasteiger partial charge in [-0.05, 0) is 13.8 Å². The second kappa shape index (κ2) is 2.47. The van der Waals surface area contributed by atoms with Gasteiger partial charge in [-0.15, -0.1) is 0 Å². The highest BCUT2D eigenvalue weighted by Crippen LogP contribution is 2.44. The summed E-state index contributed by atoms with van der Waals surface area (Å²) in [6.45, 7) is 2.14. The Morgan fingerprint density at radius 1 is 0.833 bits per heavy atom. The Balaban J connectivity index is 3.10. The molecule has 1 rings (SSSR count). The summed E-state index contributed by atoms with van der Waals surface area (Å²) in [7, 11) is 0. The Kier molecular flexibility index (Phi) is 1.97. The molecule has 0 saturated carbocycles. The van der Waals surface area contributed by atoms with Crippen molar-refractivity contribution in [1.29, 1.82) is 0 Å². The molecule has 0 fully saturated rings.